The largest absolute Gasteiger partial charge is 0.396 e. The molecule has 0 aliphatic heterocycles. The molecular formula is C22H24F2N2. The van der Waals surface area contributed by atoms with Gasteiger partial charge in [0.1, 0.15) is 11.6 Å². The number of anilines is 2. The summed E-state index contributed by atoms with van der Waals surface area (Å²) in [5, 5.41) is 0. The van der Waals surface area contributed by atoms with Crippen molar-refractivity contribution in [2.75, 3.05) is 11.5 Å². The Morgan fingerprint density at radius 1 is 0.731 bits per heavy atom. The first kappa shape index (κ1) is 16.1. The van der Waals surface area contributed by atoms with Crippen molar-refractivity contribution in [1.29, 1.82) is 0 Å². The predicted molar refractivity (Wildman–Crippen MR) is 99.7 cm³/mol. The molecule has 4 fully saturated rings. The molecule has 4 bridgehead atoms. The number of halogens is 2. The summed E-state index contributed by atoms with van der Waals surface area (Å²) >= 11 is 0. The Morgan fingerprint density at radius 2 is 1.15 bits per heavy atom. The summed E-state index contributed by atoms with van der Waals surface area (Å²) in [6.07, 6.45) is 6.30. The third-order valence-electron chi connectivity index (χ3n) is 7.31. The van der Waals surface area contributed by atoms with Gasteiger partial charge in [-0.2, -0.15) is 0 Å². The lowest BCUT2D eigenvalue weighted by Crippen LogP contribution is -2.56. The average Bonchev–Trinajstić information content (AvgIpc) is 2.58. The SMILES string of the molecule is Nc1c(F)cccc1C12CC3CC(C1)CC(c1cccc(F)c1N)(C3)C2. The Morgan fingerprint density at radius 3 is 1.58 bits per heavy atom. The van der Waals surface area contributed by atoms with Crippen molar-refractivity contribution in [2.45, 2.75) is 49.4 Å². The number of para-hydroxylation sites is 2. The number of rotatable bonds is 2. The molecule has 0 saturated heterocycles. The fourth-order valence-corrected chi connectivity index (χ4v) is 6.89. The van der Waals surface area contributed by atoms with Crippen molar-refractivity contribution in [1.82, 2.24) is 0 Å². The van der Waals surface area contributed by atoms with Crippen LogP contribution >= 0.6 is 0 Å². The summed E-state index contributed by atoms with van der Waals surface area (Å²) in [6.45, 7) is 0. The van der Waals surface area contributed by atoms with Crippen LogP contribution in [-0.4, -0.2) is 0 Å². The van der Waals surface area contributed by atoms with Gasteiger partial charge >= 0.3 is 0 Å². The van der Waals surface area contributed by atoms with E-state index in [1.165, 1.54) is 18.6 Å². The Balaban J connectivity index is 1.67. The highest BCUT2D eigenvalue weighted by atomic mass is 19.1. The van der Waals surface area contributed by atoms with Crippen LogP contribution in [0.1, 0.15) is 49.7 Å². The minimum absolute atomic E-state index is 0.116. The van der Waals surface area contributed by atoms with E-state index in [-0.39, 0.29) is 33.8 Å². The van der Waals surface area contributed by atoms with Gasteiger partial charge in [0.15, 0.2) is 0 Å². The Hall–Kier alpha value is -2.10. The van der Waals surface area contributed by atoms with E-state index in [0.717, 1.165) is 43.2 Å². The molecule has 4 N–H and O–H groups in total. The van der Waals surface area contributed by atoms with E-state index in [0.29, 0.717) is 11.8 Å². The molecule has 4 aliphatic rings. The van der Waals surface area contributed by atoms with Gasteiger partial charge in [0, 0.05) is 0 Å². The smallest absolute Gasteiger partial charge is 0.146 e. The minimum atomic E-state index is -0.336. The molecule has 6 rings (SSSR count). The second-order valence-corrected chi connectivity index (χ2v) is 8.92. The zero-order valence-corrected chi connectivity index (χ0v) is 14.8. The van der Waals surface area contributed by atoms with E-state index in [2.05, 4.69) is 0 Å². The fraction of sp³-hybridized carbons (Fsp3) is 0.455. The van der Waals surface area contributed by atoms with Crippen molar-refractivity contribution in [3.8, 4) is 0 Å². The van der Waals surface area contributed by atoms with E-state index < -0.39 is 0 Å². The standard InChI is InChI=1S/C22H24F2N2/c23-17-5-1-3-15(19(17)25)21-8-13-7-14(9-21)11-22(10-13,12-21)16-4-2-6-18(24)20(16)26/h1-6,13-14H,7-12,25-26H2. The molecule has 4 saturated carbocycles. The second kappa shape index (κ2) is 5.21. The molecule has 0 heterocycles. The van der Waals surface area contributed by atoms with E-state index >= 15 is 0 Å². The Bertz CT molecular complexity index is 808. The highest BCUT2D eigenvalue weighted by Gasteiger charge is 2.59. The van der Waals surface area contributed by atoms with Gasteiger partial charge in [-0.15, -0.1) is 0 Å². The third kappa shape index (κ3) is 2.07. The van der Waals surface area contributed by atoms with Gasteiger partial charge in [-0.3, -0.25) is 0 Å². The molecule has 2 nitrogen and oxygen atoms in total. The quantitative estimate of drug-likeness (QED) is 0.752. The van der Waals surface area contributed by atoms with Gasteiger partial charge in [0.05, 0.1) is 11.4 Å². The van der Waals surface area contributed by atoms with Crippen LogP contribution in [0, 0.1) is 23.5 Å². The van der Waals surface area contributed by atoms with Gasteiger partial charge in [0.2, 0.25) is 0 Å². The molecule has 0 amide bonds. The van der Waals surface area contributed by atoms with Crippen LogP contribution in [0.15, 0.2) is 36.4 Å². The van der Waals surface area contributed by atoms with Crippen LogP contribution in [-0.2, 0) is 10.8 Å². The molecular weight excluding hydrogens is 330 g/mol. The molecule has 4 aliphatic carbocycles. The normalized spacial score (nSPS) is 35.0. The lowest BCUT2D eigenvalue weighted by atomic mass is 9.41. The van der Waals surface area contributed by atoms with E-state index in [1.54, 1.807) is 12.1 Å². The van der Waals surface area contributed by atoms with Gasteiger partial charge in [-0.25, -0.2) is 8.78 Å². The van der Waals surface area contributed by atoms with Crippen LogP contribution in [0.4, 0.5) is 20.2 Å². The fourth-order valence-electron chi connectivity index (χ4n) is 6.89. The maximum Gasteiger partial charge on any atom is 0.146 e. The predicted octanol–water partition coefficient (Wildman–Crippen LogP) is 4.92. The molecule has 0 atom stereocenters. The molecule has 0 radical (unpaired) electrons. The summed E-state index contributed by atoms with van der Waals surface area (Å²) in [6, 6.07) is 10.4. The Labute approximate surface area is 152 Å². The van der Waals surface area contributed by atoms with E-state index in [9.17, 15) is 8.78 Å². The van der Waals surface area contributed by atoms with Crippen molar-refractivity contribution in [2.24, 2.45) is 11.8 Å². The molecule has 0 unspecified atom stereocenters. The highest BCUT2D eigenvalue weighted by molar-refractivity contribution is 5.57. The summed E-state index contributed by atoms with van der Waals surface area (Å²) in [5.41, 5.74) is 14.6. The van der Waals surface area contributed by atoms with Gasteiger partial charge in [-0.1, -0.05) is 24.3 Å². The Kier molecular flexibility index (Phi) is 3.23. The van der Waals surface area contributed by atoms with Crippen molar-refractivity contribution in [3.63, 3.8) is 0 Å². The zero-order valence-electron chi connectivity index (χ0n) is 14.8. The number of nitrogens with two attached hydrogens (primary N) is 2. The van der Waals surface area contributed by atoms with Gasteiger partial charge < -0.3 is 11.5 Å². The topological polar surface area (TPSA) is 52.0 Å². The lowest BCUT2D eigenvalue weighted by Gasteiger charge is -2.63. The van der Waals surface area contributed by atoms with Crippen LogP contribution in [0.3, 0.4) is 0 Å². The van der Waals surface area contributed by atoms with E-state index in [1.807, 2.05) is 12.1 Å². The molecule has 2 aromatic carbocycles. The van der Waals surface area contributed by atoms with Crippen molar-refractivity contribution < 1.29 is 8.78 Å². The maximum atomic E-state index is 14.2. The van der Waals surface area contributed by atoms with Crippen LogP contribution in [0.2, 0.25) is 0 Å². The van der Waals surface area contributed by atoms with Gasteiger partial charge in [-0.05, 0) is 84.5 Å². The number of hydrogen-bond donors (Lipinski definition) is 2. The molecule has 0 spiro atoms. The van der Waals surface area contributed by atoms with Crippen molar-refractivity contribution in [3.05, 3.63) is 59.2 Å². The molecule has 136 valence electrons. The summed E-state index contributed by atoms with van der Waals surface area (Å²) in [5.74, 6) is 0.471. The molecule has 26 heavy (non-hydrogen) atoms. The summed E-state index contributed by atoms with van der Waals surface area (Å²) in [7, 11) is 0. The van der Waals surface area contributed by atoms with Gasteiger partial charge in [0.25, 0.3) is 0 Å². The zero-order chi connectivity index (χ0) is 18.1. The monoisotopic (exact) mass is 354 g/mol. The molecule has 0 aromatic heterocycles. The van der Waals surface area contributed by atoms with E-state index in [4.69, 9.17) is 11.5 Å². The van der Waals surface area contributed by atoms with Crippen molar-refractivity contribution >= 4 is 11.4 Å². The molecule has 4 heteroatoms. The first-order valence-corrected chi connectivity index (χ1v) is 9.51. The van der Waals surface area contributed by atoms with Crippen LogP contribution in [0.5, 0.6) is 0 Å². The summed E-state index contributed by atoms with van der Waals surface area (Å²) < 4.78 is 28.4. The first-order valence-electron chi connectivity index (χ1n) is 9.51. The number of nitrogen functional groups attached to an aromatic ring is 2. The molecule has 2 aromatic rings. The number of benzene rings is 2. The van der Waals surface area contributed by atoms with Crippen LogP contribution in [0.25, 0.3) is 0 Å². The average molecular weight is 354 g/mol. The highest BCUT2D eigenvalue weighted by Crippen LogP contribution is 2.67. The second-order valence-electron chi connectivity index (χ2n) is 8.92. The summed E-state index contributed by atoms with van der Waals surface area (Å²) in [4.78, 5) is 0. The minimum Gasteiger partial charge on any atom is -0.396 e. The number of hydrogen-bond acceptors (Lipinski definition) is 2. The lowest BCUT2D eigenvalue weighted by molar-refractivity contribution is -0.0276. The van der Waals surface area contributed by atoms with Crippen LogP contribution < -0.4 is 11.5 Å². The third-order valence-corrected chi connectivity index (χ3v) is 7.31. The first-order chi connectivity index (χ1) is 12.4. The maximum absolute atomic E-state index is 14.2.